The van der Waals surface area contributed by atoms with Crippen molar-refractivity contribution in [2.24, 2.45) is 0 Å². The van der Waals surface area contributed by atoms with Crippen molar-refractivity contribution in [1.82, 2.24) is 0 Å². The van der Waals surface area contributed by atoms with Gasteiger partial charge in [0, 0.05) is 5.56 Å². The van der Waals surface area contributed by atoms with Gasteiger partial charge in [-0.3, -0.25) is 9.59 Å². The number of hydrogen-bond acceptors (Lipinski definition) is 2. The predicted molar refractivity (Wildman–Crippen MR) is 56.3 cm³/mol. The van der Waals surface area contributed by atoms with E-state index in [2.05, 4.69) is 0 Å². The van der Waals surface area contributed by atoms with E-state index in [-0.39, 0.29) is 10.9 Å². The Balaban J connectivity index is 2.80. The summed E-state index contributed by atoms with van der Waals surface area (Å²) in [6.07, 6.45) is 5.61. The summed E-state index contributed by atoms with van der Waals surface area (Å²) in [6.45, 7) is 0. The number of aryl methyl sites for hydroxylation is 1. The zero-order valence-corrected chi connectivity index (χ0v) is 7.69. The van der Waals surface area contributed by atoms with Crippen molar-refractivity contribution in [3.63, 3.8) is 0 Å². The quantitative estimate of drug-likeness (QED) is 0.613. The number of rotatable bonds is 0. The van der Waals surface area contributed by atoms with Crippen molar-refractivity contribution in [3.8, 4) is 0 Å². The van der Waals surface area contributed by atoms with E-state index in [1.807, 2.05) is 12.2 Å². The Bertz CT molecular complexity index is 501. The summed E-state index contributed by atoms with van der Waals surface area (Å²) in [5.74, 6) is 0. The van der Waals surface area contributed by atoms with Crippen LogP contribution >= 0.6 is 0 Å². The van der Waals surface area contributed by atoms with Crippen LogP contribution in [0.5, 0.6) is 0 Å². The first-order valence-corrected chi connectivity index (χ1v) is 4.61. The van der Waals surface area contributed by atoms with E-state index in [9.17, 15) is 9.59 Å². The largest absolute Gasteiger partial charge is 0.290 e. The molecule has 0 aliphatic heterocycles. The van der Waals surface area contributed by atoms with Crippen molar-refractivity contribution >= 4 is 6.08 Å². The van der Waals surface area contributed by atoms with Crippen LogP contribution < -0.4 is 10.9 Å². The summed E-state index contributed by atoms with van der Waals surface area (Å²) in [4.78, 5) is 22.7. The summed E-state index contributed by atoms with van der Waals surface area (Å²) in [5.41, 5.74) is 1.49. The second kappa shape index (κ2) is 3.58. The SMILES string of the molecule is O=c1ccc2c(c(=O)cc1)C=CCC2. The molecule has 2 heteroatoms. The van der Waals surface area contributed by atoms with E-state index in [0.717, 1.165) is 24.0 Å². The highest BCUT2D eigenvalue weighted by atomic mass is 16.1. The minimum Gasteiger partial charge on any atom is -0.290 e. The van der Waals surface area contributed by atoms with Gasteiger partial charge in [0.15, 0.2) is 10.9 Å². The van der Waals surface area contributed by atoms with Crippen molar-refractivity contribution < 1.29 is 0 Å². The maximum absolute atomic E-state index is 11.6. The summed E-state index contributed by atoms with van der Waals surface area (Å²) < 4.78 is 0. The van der Waals surface area contributed by atoms with Crippen LogP contribution in [-0.2, 0) is 6.42 Å². The van der Waals surface area contributed by atoms with Crippen LogP contribution in [0.1, 0.15) is 17.5 Å². The van der Waals surface area contributed by atoms with E-state index in [0.29, 0.717) is 0 Å². The summed E-state index contributed by atoms with van der Waals surface area (Å²) in [7, 11) is 0. The molecule has 0 N–H and O–H groups in total. The highest BCUT2D eigenvalue weighted by Gasteiger charge is 2.04. The van der Waals surface area contributed by atoms with Crippen LogP contribution in [0, 0.1) is 0 Å². The first-order valence-electron chi connectivity index (χ1n) is 4.61. The first-order chi connectivity index (χ1) is 6.77. The Hall–Kier alpha value is -1.70. The maximum Gasteiger partial charge on any atom is 0.186 e. The van der Waals surface area contributed by atoms with E-state index < -0.39 is 0 Å². The third kappa shape index (κ3) is 1.64. The molecule has 0 amide bonds. The van der Waals surface area contributed by atoms with Crippen LogP contribution in [0.15, 0.2) is 39.9 Å². The highest BCUT2D eigenvalue weighted by Crippen LogP contribution is 2.13. The highest BCUT2D eigenvalue weighted by molar-refractivity contribution is 5.55. The Kier molecular flexibility index (Phi) is 2.27. The van der Waals surface area contributed by atoms with Gasteiger partial charge in [-0.25, -0.2) is 0 Å². The van der Waals surface area contributed by atoms with Gasteiger partial charge in [0.25, 0.3) is 0 Å². The number of allylic oxidation sites excluding steroid dienone is 1. The molecule has 0 atom stereocenters. The van der Waals surface area contributed by atoms with Crippen molar-refractivity contribution in [2.45, 2.75) is 12.8 Å². The fourth-order valence-electron chi connectivity index (χ4n) is 1.58. The van der Waals surface area contributed by atoms with Gasteiger partial charge in [-0.1, -0.05) is 18.2 Å². The van der Waals surface area contributed by atoms with Gasteiger partial charge in [0.2, 0.25) is 0 Å². The minimum absolute atomic E-state index is 0.0753. The van der Waals surface area contributed by atoms with E-state index in [1.165, 1.54) is 18.2 Å². The predicted octanol–water partition coefficient (Wildman–Crippen LogP) is 1.37. The fraction of sp³-hybridized carbons (Fsp3) is 0.167. The second-order valence-electron chi connectivity index (χ2n) is 3.31. The van der Waals surface area contributed by atoms with Gasteiger partial charge in [-0.2, -0.15) is 0 Å². The molecule has 0 fully saturated rings. The monoisotopic (exact) mass is 186 g/mol. The van der Waals surface area contributed by atoms with Gasteiger partial charge in [0.1, 0.15) is 0 Å². The lowest BCUT2D eigenvalue weighted by atomic mass is 9.99. The molecule has 0 bridgehead atoms. The Labute approximate surface area is 81.5 Å². The minimum atomic E-state index is -0.126. The molecule has 0 spiro atoms. The van der Waals surface area contributed by atoms with E-state index in [4.69, 9.17) is 0 Å². The van der Waals surface area contributed by atoms with Crippen LogP contribution in [0.3, 0.4) is 0 Å². The van der Waals surface area contributed by atoms with Crippen molar-refractivity contribution in [1.29, 1.82) is 0 Å². The molecule has 0 saturated carbocycles. The molecular weight excluding hydrogens is 176 g/mol. The first kappa shape index (κ1) is 8.88. The third-order valence-corrected chi connectivity index (χ3v) is 2.32. The van der Waals surface area contributed by atoms with Gasteiger partial charge in [-0.15, -0.1) is 0 Å². The van der Waals surface area contributed by atoms with Crippen molar-refractivity contribution in [2.75, 3.05) is 0 Å². The molecule has 0 aromatic heterocycles. The summed E-state index contributed by atoms with van der Waals surface area (Å²) in [6, 6.07) is 5.92. The van der Waals surface area contributed by atoms with Gasteiger partial charge in [-0.05, 0) is 36.6 Å². The lowest BCUT2D eigenvalue weighted by molar-refractivity contribution is 0.984. The van der Waals surface area contributed by atoms with E-state index in [1.54, 1.807) is 6.07 Å². The van der Waals surface area contributed by atoms with Gasteiger partial charge in [0.05, 0.1) is 0 Å². The van der Waals surface area contributed by atoms with Crippen molar-refractivity contribution in [3.05, 3.63) is 61.9 Å². The topological polar surface area (TPSA) is 34.1 Å². The van der Waals surface area contributed by atoms with Crippen LogP contribution in [0.2, 0.25) is 0 Å². The Morgan fingerprint density at radius 1 is 1.00 bits per heavy atom. The molecule has 1 aliphatic carbocycles. The molecule has 1 aromatic carbocycles. The lowest BCUT2D eigenvalue weighted by Gasteiger charge is -2.05. The molecule has 1 aliphatic rings. The zero-order valence-electron chi connectivity index (χ0n) is 7.69. The second-order valence-corrected chi connectivity index (χ2v) is 3.31. The zero-order chi connectivity index (χ0) is 9.97. The van der Waals surface area contributed by atoms with Crippen LogP contribution in [-0.4, -0.2) is 0 Å². The molecule has 0 saturated heterocycles. The van der Waals surface area contributed by atoms with E-state index >= 15 is 0 Å². The fourth-order valence-corrected chi connectivity index (χ4v) is 1.58. The molecule has 0 heterocycles. The third-order valence-electron chi connectivity index (χ3n) is 2.32. The molecule has 2 rings (SSSR count). The summed E-state index contributed by atoms with van der Waals surface area (Å²) in [5, 5.41) is 0. The van der Waals surface area contributed by atoms with Gasteiger partial charge >= 0.3 is 0 Å². The van der Waals surface area contributed by atoms with Crippen LogP contribution in [0.25, 0.3) is 6.08 Å². The molecule has 0 radical (unpaired) electrons. The maximum atomic E-state index is 11.6. The number of fused-ring (bicyclic) bond motifs is 1. The smallest absolute Gasteiger partial charge is 0.186 e. The lowest BCUT2D eigenvalue weighted by Crippen LogP contribution is -2.09. The standard InChI is InChI=1S/C12H10O2/c13-10-6-5-9-3-1-2-4-11(9)12(14)8-7-10/h2,4-8H,1,3H2. The molecule has 1 aromatic rings. The number of hydrogen-bond donors (Lipinski definition) is 0. The van der Waals surface area contributed by atoms with Crippen LogP contribution in [0.4, 0.5) is 0 Å². The molecule has 14 heavy (non-hydrogen) atoms. The molecule has 70 valence electrons. The average molecular weight is 186 g/mol. The molecular formula is C12H10O2. The van der Waals surface area contributed by atoms with Gasteiger partial charge < -0.3 is 0 Å². The Morgan fingerprint density at radius 3 is 2.64 bits per heavy atom. The molecule has 2 nitrogen and oxygen atoms in total. The summed E-state index contributed by atoms with van der Waals surface area (Å²) >= 11 is 0. The average Bonchev–Trinajstić information content (AvgIpc) is 2.21. The Morgan fingerprint density at radius 2 is 1.79 bits per heavy atom. The molecule has 0 unspecified atom stereocenters. The normalized spacial score (nSPS) is 13.4.